The van der Waals surface area contributed by atoms with Crippen LogP contribution in [0.4, 0.5) is 0 Å². The van der Waals surface area contributed by atoms with Gasteiger partial charge in [-0.15, -0.1) is 10.2 Å². The van der Waals surface area contributed by atoms with Crippen molar-refractivity contribution in [2.75, 3.05) is 6.54 Å². The fraction of sp³-hybridized carbons (Fsp3) is 0.583. The van der Waals surface area contributed by atoms with Crippen LogP contribution in [0.25, 0.3) is 0 Å². The van der Waals surface area contributed by atoms with Crippen LogP contribution in [0.3, 0.4) is 0 Å². The maximum Gasteiger partial charge on any atom is 0.147 e. The van der Waals surface area contributed by atoms with Crippen LogP contribution in [-0.4, -0.2) is 36.0 Å². The Balaban J connectivity index is 1.80. The standard InChI is InChI=1S/C12H17BrN6/c1-3-19-10(12(13)9(2)16-19)6-17-4-5-18-8-14-15-11(18)7-17/h8H,3-7H2,1-2H3. The van der Waals surface area contributed by atoms with E-state index in [1.54, 1.807) is 0 Å². The van der Waals surface area contributed by atoms with Crippen molar-refractivity contribution in [1.29, 1.82) is 0 Å². The van der Waals surface area contributed by atoms with Crippen molar-refractivity contribution in [2.45, 2.75) is 40.0 Å². The van der Waals surface area contributed by atoms with Crippen molar-refractivity contribution in [1.82, 2.24) is 29.4 Å². The van der Waals surface area contributed by atoms with Gasteiger partial charge in [0.25, 0.3) is 0 Å². The second kappa shape index (κ2) is 5.05. The van der Waals surface area contributed by atoms with Crippen LogP contribution in [0.1, 0.15) is 24.1 Å². The molecule has 0 aliphatic carbocycles. The molecule has 3 heterocycles. The Hall–Kier alpha value is -1.21. The lowest BCUT2D eigenvalue weighted by atomic mass is 10.3. The number of fused-ring (bicyclic) bond motifs is 1. The molecule has 0 aromatic carbocycles. The third-order valence-corrected chi connectivity index (χ3v) is 4.58. The number of nitrogens with zero attached hydrogens (tertiary/aromatic N) is 6. The normalized spacial score (nSPS) is 15.7. The maximum atomic E-state index is 4.54. The molecule has 19 heavy (non-hydrogen) atoms. The first kappa shape index (κ1) is 12.8. The third-order valence-electron chi connectivity index (χ3n) is 3.54. The number of halogens is 1. The first-order valence-electron chi connectivity index (χ1n) is 6.50. The zero-order valence-electron chi connectivity index (χ0n) is 11.2. The Morgan fingerprint density at radius 1 is 1.37 bits per heavy atom. The second-order valence-corrected chi connectivity index (χ2v) is 5.61. The summed E-state index contributed by atoms with van der Waals surface area (Å²) in [5, 5.41) is 12.7. The monoisotopic (exact) mass is 324 g/mol. The van der Waals surface area contributed by atoms with Gasteiger partial charge in [0.1, 0.15) is 12.2 Å². The molecule has 7 heteroatoms. The van der Waals surface area contributed by atoms with Crippen molar-refractivity contribution in [2.24, 2.45) is 0 Å². The van der Waals surface area contributed by atoms with E-state index in [0.717, 1.165) is 48.7 Å². The van der Waals surface area contributed by atoms with Crippen LogP contribution in [0.5, 0.6) is 0 Å². The minimum Gasteiger partial charge on any atom is -0.315 e. The Bertz CT molecular complexity index is 587. The van der Waals surface area contributed by atoms with Gasteiger partial charge in [-0.2, -0.15) is 5.10 Å². The van der Waals surface area contributed by atoms with E-state index >= 15 is 0 Å². The molecule has 1 aliphatic heterocycles. The number of hydrogen-bond acceptors (Lipinski definition) is 4. The lowest BCUT2D eigenvalue weighted by Crippen LogP contribution is -2.33. The molecule has 0 N–H and O–H groups in total. The highest BCUT2D eigenvalue weighted by molar-refractivity contribution is 9.10. The van der Waals surface area contributed by atoms with Crippen molar-refractivity contribution < 1.29 is 0 Å². The molecule has 6 nitrogen and oxygen atoms in total. The molecule has 0 fully saturated rings. The summed E-state index contributed by atoms with van der Waals surface area (Å²) in [5.41, 5.74) is 2.30. The van der Waals surface area contributed by atoms with Crippen LogP contribution in [0.15, 0.2) is 10.8 Å². The lowest BCUT2D eigenvalue weighted by molar-refractivity contribution is 0.202. The van der Waals surface area contributed by atoms with E-state index < -0.39 is 0 Å². The largest absolute Gasteiger partial charge is 0.315 e. The smallest absolute Gasteiger partial charge is 0.147 e. The van der Waals surface area contributed by atoms with Gasteiger partial charge in [-0.05, 0) is 29.8 Å². The van der Waals surface area contributed by atoms with E-state index in [0.29, 0.717) is 0 Å². The van der Waals surface area contributed by atoms with Gasteiger partial charge in [0.05, 0.1) is 22.4 Å². The first-order valence-corrected chi connectivity index (χ1v) is 7.29. The molecule has 0 bridgehead atoms. The lowest BCUT2D eigenvalue weighted by Gasteiger charge is -2.27. The number of aromatic nitrogens is 5. The third kappa shape index (κ3) is 2.32. The van der Waals surface area contributed by atoms with Crippen molar-refractivity contribution in [3.8, 4) is 0 Å². The average Bonchev–Trinajstić information content (AvgIpc) is 2.98. The molecule has 0 radical (unpaired) electrons. The van der Waals surface area contributed by atoms with Crippen molar-refractivity contribution in [3.63, 3.8) is 0 Å². The van der Waals surface area contributed by atoms with E-state index in [-0.39, 0.29) is 0 Å². The molecule has 0 amide bonds. The highest BCUT2D eigenvalue weighted by atomic mass is 79.9. The summed E-state index contributed by atoms with van der Waals surface area (Å²) in [5.74, 6) is 1.04. The van der Waals surface area contributed by atoms with Crippen LogP contribution in [-0.2, 0) is 26.2 Å². The predicted octanol–water partition coefficient (Wildman–Crippen LogP) is 1.58. The quantitative estimate of drug-likeness (QED) is 0.860. The summed E-state index contributed by atoms with van der Waals surface area (Å²) in [6, 6.07) is 0. The molecule has 2 aromatic rings. The molecule has 2 aromatic heterocycles. The van der Waals surface area contributed by atoms with Gasteiger partial charge < -0.3 is 4.57 Å². The molecule has 0 saturated carbocycles. The molecular weight excluding hydrogens is 308 g/mol. The van der Waals surface area contributed by atoms with Gasteiger partial charge in [0, 0.05) is 26.2 Å². The summed E-state index contributed by atoms with van der Waals surface area (Å²) >= 11 is 3.65. The van der Waals surface area contributed by atoms with Crippen LogP contribution in [0, 0.1) is 6.92 Å². The predicted molar refractivity (Wildman–Crippen MR) is 74.5 cm³/mol. The fourth-order valence-corrected chi connectivity index (χ4v) is 2.89. The van der Waals surface area contributed by atoms with E-state index in [9.17, 15) is 0 Å². The zero-order valence-corrected chi connectivity index (χ0v) is 12.8. The Morgan fingerprint density at radius 3 is 3.00 bits per heavy atom. The van der Waals surface area contributed by atoms with Gasteiger partial charge in [0.15, 0.2) is 0 Å². The molecule has 0 atom stereocenters. The molecule has 1 aliphatic rings. The fourth-order valence-electron chi connectivity index (χ4n) is 2.48. The Kier molecular flexibility index (Phi) is 3.40. The van der Waals surface area contributed by atoms with Gasteiger partial charge in [-0.1, -0.05) is 0 Å². The topological polar surface area (TPSA) is 51.8 Å². The summed E-state index contributed by atoms with van der Waals surface area (Å²) in [4.78, 5) is 2.39. The second-order valence-electron chi connectivity index (χ2n) is 4.81. The molecule has 0 saturated heterocycles. The summed E-state index contributed by atoms with van der Waals surface area (Å²) in [6.07, 6.45) is 1.81. The van der Waals surface area contributed by atoms with E-state index in [2.05, 4.69) is 52.3 Å². The van der Waals surface area contributed by atoms with E-state index in [1.807, 2.05) is 13.3 Å². The summed E-state index contributed by atoms with van der Waals surface area (Å²) < 4.78 is 5.31. The minimum absolute atomic E-state index is 0.848. The van der Waals surface area contributed by atoms with Gasteiger partial charge in [-0.25, -0.2) is 0 Å². The van der Waals surface area contributed by atoms with Crippen LogP contribution >= 0.6 is 15.9 Å². The molecule has 0 spiro atoms. The Labute approximate surface area is 120 Å². The molecular formula is C12H17BrN6. The Morgan fingerprint density at radius 2 is 2.21 bits per heavy atom. The van der Waals surface area contributed by atoms with Crippen molar-refractivity contribution >= 4 is 15.9 Å². The van der Waals surface area contributed by atoms with Crippen molar-refractivity contribution in [3.05, 3.63) is 28.0 Å². The van der Waals surface area contributed by atoms with E-state index in [4.69, 9.17) is 0 Å². The first-order chi connectivity index (χ1) is 9.19. The highest BCUT2D eigenvalue weighted by Crippen LogP contribution is 2.23. The molecule has 3 rings (SSSR count). The zero-order chi connectivity index (χ0) is 13.4. The number of rotatable bonds is 3. The highest BCUT2D eigenvalue weighted by Gasteiger charge is 2.21. The van der Waals surface area contributed by atoms with Crippen LogP contribution in [0.2, 0.25) is 0 Å². The van der Waals surface area contributed by atoms with Gasteiger partial charge in [0.2, 0.25) is 0 Å². The minimum atomic E-state index is 0.848. The van der Waals surface area contributed by atoms with Gasteiger partial charge in [-0.3, -0.25) is 9.58 Å². The van der Waals surface area contributed by atoms with Gasteiger partial charge >= 0.3 is 0 Å². The average molecular weight is 325 g/mol. The summed E-state index contributed by atoms with van der Waals surface area (Å²) in [7, 11) is 0. The van der Waals surface area contributed by atoms with E-state index in [1.165, 1.54) is 5.69 Å². The van der Waals surface area contributed by atoms with Crippen LogP contribution < -0.4 is 0 Å². The number of aryl methyl sites for hydroxylation is 2. The summed E-state index contributed by atoms with van der Waals surface area (Å²) in [6.45, 7) is 8.76. The molecule has 102 valence electrons. The SMILES string of the molecule is CCn1nc(C)c(Br)c1CN1CCn2cnnc2C1. The molecule has 0 unspecified atom stereocenters. The number of hydrogen-bond donors (Lipinski definition) is 0. The maximum absolute atomic E-state index is 4.54.